The Kier molecular flexibility index (Phi) is 5.23. The van der Waals surface area contributed by atoms with E-state index in [1.807, 2.05) is 54.6 Å². The molecule has 0 spiro atoms. The van der Waals surface area contributed by atoms with E-state index in [2.05, 4.69) is 0 Å². The molecule has 3 atom stereocenters. The lowest BCUT2D eigenvalue weighted by Crippen LogP contribution is -2.70. The summed E-state index contributed by atoms with van der Waals surface area (Å²) in [5, 5.41) is 10.1. The van der Waals surface area contributed by atoms with Crippen molar-refractivity contribution in [2.75, 3.05) is 18.1 Å². The van der Waals surface area contributed by atoms with E-state index in [0.717, 1.165) is 16.8 Å². The lowest BCUT2D eigenvalue weighted by molar-refractivity contribution is -0.119. The van der Waals surface area contributed by atoms with Gasteiger partial charge in [0.25, 0.3) is 5.91 Å². The Hall–Kier alpha value is -3.51. The fourth-order valence-corrected chi connectivity index (χ4v) is 5.04. The van der Waals surface area contributed by atoms with Gasteiger partial charge in [0.05, 0.1) is 25.1 Å². The van der Waals surface area contributed by atoms with Gasteiger partial charge in [0.1, 0.15) is 5.82 Å². The van der Waals surface area contributed by atoms with E-state index in [9.17, 15) is 19.1 Å². The van der Waals surface area contributed by atoms with E-state index in [1.165, 1.54) is 18.2 Å². The van der Waals surface area contributed by atoms with E-state index in [-0.39, 0.29) is 42.4 Å². The third kappa shape index (κ3) is 3.37. The van der Waals surface area contributed by atoms with Crippen molar-refractivity contribution in [3.05, 3.63) is 101 Å². The molecule has 3 aromatic carbocycles. The SMILES string of the molecule is O=C(Cc1ccccc1)N1C[C@H]2[C@@H](c3ccccc31)[C@H](CO)N2C(=O)c1cccc(F)c1. The van der Waals surface area contributed by atoms with Crippen LogP contribution in [0.4, 0.5) is 10.1 Å². The Labute approximate surface area is 185 Å². The number of hydrogen-bond donors (Lipinski definition) is 1. The molecule has 0 radical (unpaired) electrons. The summed E-state index contributed by atoms with van der Waals surface area (Å²) in [7, 11) is 0. The average molecular weight is 430 g/mol. The molecular weight excluding hydrogens is 407 g/mol. The van der Waals surface area contributed by atoms with Gasteiger partial charge in [0.2, 0.25) is 5.91 Å². The highest BCUT2D eigenvalue weighted by Gasteiger charge is 2.55. The minimum absolute atomic E-state index is 0.0484. The molecule has 162 valence electrons. The van der Waals surface area contributed by atoms with Crippen molar-refractivity contribution in [3.63, 3.8) is 0 Å². The van der Waals surface area contributed by atoms with Gasteiger partial charge < -0.3 is 14.9 Å². The first kappa shape index (κ1) is 20.4. The number of benzene rings is 3. The number of halogens is 1. The Morgan fingerprint density at radius 2 is 1.72 bits per heavy atom. The number of para-hydroxylation sites is 1. The standard InChI is InChI=1S/C26H23FN2O3/c27-19-10-6-9-18(14-19)26(32)29-22-15-28(24(31)13-17-7-2-1-3-8-17)21-12-5-4-11-20(21)25(22)23(29)16-30/h1-12,14,22-23,25,30H,13,15-16H2/t22-,23-,25+/m0/s1. The minimum atomic E-state index is -0.484. The Morgan fingerprint density at radius 1 is 0.969 bits per heavy atom. The number of carbonyl (C=O) groups excluding carboxylic acids is 2. The number of hydrogen-bond acceptors (Lipinski definition) is 3. The molecule has 1 fully saturated rings. The molecule has 6 heteroatoms. The van der Waals surface area contributed by atoms with Gasteiger partial charge >= 0.3 is 0 Å². The van der Waals surface area contributed by atoms with Gasteiger partial charge in [-0.25, -0.2) is 4.39 Å². The van der Waals surface area contributed by atoms with E-state index >= 15 is 0 Å². The maximum Gasteiger partial charge on any atom is 0.254 e. The predicted octanol–water partition coefficient (Wildman–Crippen LogP) is 3.38. The third-order valence-corrected chi connectivity index (χ3v) is 6.49. The summed E-state index contributed by atoms with van der Waals surface area (Å²) < 4.78 is 13.7. The highest BCUT2D eigenvalue weighted by atomic mass is 19.1. The smallest absolute Gasteiger partial charge is 0.254 e. The van der Waals surface area contributed by atoms with Gasteiger partial charge in [0, 0.05) is 23.7 Å². The van der Waals surface area contributed by atoms with E-state index in [4.69, 9.17) is 0 Å². The molecule has 5 nitrogen and oxygen atoms in total. The van der Waals surface area contributed by atoms with Gasteiger partial charge in [-0.15, -0.1) is 0 Å². The number of anilines is 1. The number of aliphatic hydroxyl groups excluding tert-OH is 1. The van der Waals surface area contributed by atoms with E-state index in [1.54, 1.807) is 15.9 Å². The summed E-state index contributed by atoms with van der Waals surface area (Å²) in [4.78, 5) is 29.8. The number of amides is 2. The largest absolute Gasteiger partial charge is 0.394 e. The first-order valence-corrected chi connectivity index (χ1v) is 10.7. The molecule has 0 aromatic heterocycles. The van der Waals surface area contributed by atoms with Crippen LogP contribution in [0.3, 0.4) is 0 Å². The number of nitrogens with zero attached hydrogens (tertiary/aromatic N) is 2. The number of fused-ring (bicyclic) bond motifs is 3. The number of rotatable bonds is 4. The molecule has 0 saturated carbocycles. The van der Waals surface area contributed by atoms with Crippen LogP contribution in [0.2, 0.25) is 0 Å². The van der Waals surface area contributed by atoms with Crippen molar-refractivity contribution in [1.29, 1.82) is 0 Å². The molecule has 1 saturated heterocycles. The average Bonchev–Trinajstić information content (AvgIpc) is 2.80. The molecule has 5 rings (SSSR count). The second-order valence-corrected chi connectivity index (χ2v) is 8.29. The molecular formula is C26H23FN2O3. The molecule has 2 heterocycles. The maximum atomic E-state index is 13.7. The molecule has 2 aliphatic heterocycles. The quantitative estimate of drug-likeness (QED) is 0.690. The van der Waals surface area contributed by atoms with Crippen LogP contribution in [0.15, 0.2) is 78.9 Å². The van der Waals surface area contributed by atoms with E-state index < -0.39 is 11.9 Å². The first-order chi connectivity index (χ1) is 15.6. The zero-order chi connectivity index (χ0) is 22.2. The second-order valence-electron chi connectivity index (χ2n) is 8.29. The third-order valence-electron chi connectivity index (χ3n) is 6.49. The molecule has 0 unspecified atom stereocenters. The van der Waals surface area contributed by atoms with Crippen LogP contribution in [0, 0.1) is 5.82 Å². The van der Waals surface area contributed by atoms with Crippen LogP contribution in [0.25, 0.3) is 0 Å². The summed E-state index contributed by atoms with van der Waals surface area (Å²) in [6.45, 7) is 0.138. The number of aliphatic hydroxyl groups is 1. The highest BCUT2D eigenvalue weighted by Crippen LogP contribution is 2.48. The fraction of sp³-hybridized carbons (Fsp3) is 0.231. The summed E-state index contributed by atoms with van der Waals surface area (Å²) >= 11 is 0. The molecule has 0 aliphatic carbocycles. The van der Waals surface area contributed by atoms with Crippen LogP contribution in [0.1, 0.15) is 27.4 Å². The summed E-state index contributed by atoms with van der Waals surface area (Å²) in [6, 6.07) is 22.1. The van der Waals surface area contributed by atoms with Crippen LogP contribution in [-0.4, -0.2) is 47.1 Å². The van der Waals surface area contributed by atoms with Crippen molar-refractivity contribution in [1.82, 2.24) is 4.90 Å². The monoisotopic (exact) mass is 430 g/mol. The first-order valence-electron chi connectivity index (χ1n) is 10.7. The van der Waals surface area contributed by atoms with Gasteiger partial charge in [-0.05, 0) is 35.4 Å². The molecule has 3 aromatic rings. The number of carbonyl (C=O) groups is 2. The summed E-state index contributed by atoms with van der Waals surface area (Å²) in [5.74, 6) is -0.941. The molecule has 1 N–H and O–H groups in total. The fourth-order valence-electron chi connectivity index (χ4n) is 5.04. The van der Waals surface area contributed by atoms with Crippen LogP contribution >= 0.6 is 0 Å². The Balaban J connectivity index is 1.48. The van der Waals surface area contributed by atoms with Crippen molar-refractivity contribution in [2.45, 2.75) is 24.4 Å². The molecule has 2 aliphatic rings. The van der Waals surface area contributed by atoms with Crippen LogP contribution in [0.5, 0.6) is 0 Å². The zero-order valence-electron chi connectivity index (χ0n) is 17.4. The number of likely N-dealkylation sites (tertiary alicyclic amines) is 1. The van der Waals surface area contributed by atoms with Crippen molar-refractivity contribution < 1.29 is 19.1 Å². The van der Waals surface area contributed by atoms with Crippen LogP contribution < -0.4 is 4.90 Å². The van der Waals surface area contributed by atoms with Gasteiger partial charge in [-0.3, -0.25) is 9.59 Å². The second kappa shape index (κ2) is 8.20. The van der Waals surface area contributed by atoms with Gasteiger partial charge in [0.15, 0.2) is 0 Å². The summed E-state index contributed by atoms with van der Waals surface area (Å²) in [5.41, 5.74) is 2.94. The van der Waals surface area contributed by atoms with Crippen molar-refractivity contribution in [2.24, 2.45) is 0 Å². The molecule has 0 bridgehead atoms. The Bertz CT molecular complexity index is 1170. The normalized spacial score (nSPS) is 21.4. The Morgan fingerprint density at radius 3 is 2.47 bits per heavy atom. The molecule has 32 heavy (non-hydrogen) atoms. The lowest BCUT2D eigenvalue weighted by atomic mass is 9.71. The van der Waals surface area contributed by atoms with Gasteiger partial charge in [-0.2, -0.15) is 0 Å². The molecule has 2 amide bonds. The zero-order valence-corrected chi connectivity index (χ0v) is 17.4. The maximum absolute atomic E-state index is 13.7. The van der Waals surface area contributed by atoms with Crippen molar-refractivity contribution >= 4 is 17.5 Å². The van der Waals surface area contributed by atoms with E-state index in [0.29, 0.717) is 6.54 Å². The van der Waals surface area contributed by atoms with Crippen molar-refractivity contribution in [3.8, 4) is 0 Å². The summed E-state index contributed by atoms with van der Waals surface area (Å²) in [6.07, 6.45) is 0.258. The minimum Gasteiger partial charge on any atom is -0.394 e. The van der Waals surface area contributed by atoms with Crippen LogP contribution in [-0.2, 0) is 11.2 Å². The lowest BCUT2D eigenvalue weighted by Gasteiger charge is -2.59. The van der Waals surface area contributed by atoms with Gasteiger partial charge in [-0.1, -0.05) is 54.6 Å². The topological polar surface area (TPSA) is 60.9 Å². The predicted molar refractivity (Wildman–Crippen MR) is 119 cm³/mol. The highest BCUT2D eigenvalue weighted by molar-refractivity contribution is 5.99.